The predicted molar refractivity (Wildman–Crippen MR) is 109 cm³/mol. The highest BCUT2D eigenvalue weighted by atomic mass is 16.5. The maximum Gasteiger partial charge on any atom is 0.119 e. The van der Waals surface area contributed by atoms with Gasteiger partial charge in [0.25, 0.3) is 0 Å². The molecular formula is C25H25NO. The van der Waals surface area contributed by atoms with Gasteiger partial charge in [-0.3, -0.25) is 4.90 Å². The molecule has 3 aromatic rings. The number of hydrogen-bond acceptors (Lipinski definition) is 2. The number of aryl methyl sites for hydroxylation is 1. The lowest BCUT2D eigenvalue weighted by Crippen LogP contribution is -2.45. The van der Waals surface area contributed by atoms with Gasteiger partial charge in [-0.2, -0.15) is 0 Å². The Morgan fingerprint density at radius 3 is 2.56 bits per heavy atom. The van der Waals surface area contributed by atoms with E-state index >= 15 is 0 Å². The third kappa shape index (κ3) is 2.94. The van der Waals surface area contributed by atoms with Crippen molar-refractivity contribution in [1.29, 1.82) is 0 Å². The Balaban J connectivity index is 1.60. The van der Waals surface area contributed by atoms with Crippen LogP contribution in [-0.4, -0.2) is 18.1 Å². The first-order valence-electron chi connectivity index (χ1n) is 9.86. The normalized spacial score (nSPS) is 21.1. The van der Waals surface area contributed by atoms with E-state index in [1.807, 2.05) is 0 Å². The lowest BCUT2D eigenvalue weighted by Gasteiger charge is -2.46. The molecular weight excluding hydrogens is 330 g/mol. The second kappa shape index (κ2) is 6.86. The van der Waals surface area contributed by atoms with Crippen molar-refractivity contribution in [2.24, 2.45) is 0 Å². The fourth-order valence-electron chi connectivity index (χ4n) is 4.97. The highest BCUT2D eigenvalue weighted by Crippen LogP contribution is 2.45. The molecule has 0 N–H and O–H groups in total. The molecule has 27 heavy (non-hydrogen) atoms. The molecule has 0 spiro atoms. The van der Waals surface area contributed by atoms with Crippen LogP contribution in [0.15, 0.2) is 72.8 Å². The van der Waals surface area contributed by atoms with Crippen LogP contribution in [0, 0.1) is 0 Å². The molecule has 0 radical (unpaired) electrons. The summed E-state index contributed by atoms with van der Waals surface area (Å²) >= 11 is 0. The van der Waals surface area contributed by atoms with Gasteiger partial charge in [-0.15, -0.1) is 0 Å². The van der Waals surface area contributed by atoms with E-state index in [2.05, 4.69) is 77.7 Å². The zero-order valence-electron chi connectivity index (χ0n) is 15.8. The minimum atomic E-state index is 0.428. The van der Waals surface area contributed by atoms with Crippen LogP contribution in [-0.2, 0) is 19.5 Å². The summed E-state index contributed by atoms with van der Waals surface area (Å²) in [7, 11) is 1.76. The summed E-state index contributed by atoms with van der Waals surface area (Å²) < 4.78 is 5.56. The van der Waals surface area contributed by atoms with Crippen molar-refractivity contribution >= 4 is 0 Å². The number of rotatable bonds is 3. The van der Waals surface area contributed by atoms with Gasteiger partial charge in [0.15, 0.2) is 0 Å². The smallest absolute Gasteiger partial charge is 0.119 e. The largest absolute Gasteiger partial charge is 0.497 e. The quantitative estimate of drug-likeness (QED) is 0.644. The summed E-state index contributed by atoms with van der Waals surface area (Å²) in [5.74, 6) is 1.39. The van der Waals surface area contributed by atoms with E-state index in [-0.39, 0.29) is 0 Å². The number of methoxy groups -OCH3 is 1. The van der Waals surface area contributed by atoms with Gasteiger partial charge in [-0.1, -0.05) is 60.7 Å². The maximum atomic E-state index is 5.56. The highest BCUT2D eigenvalue weighted by molar-refractivity contribution is 5.49. The second-order valence-electron chi connectivity index (χ2n) is 7.74. The van der Waals surface area contributed by atoms with E-state index in [4.69, 9.17) is 4.74 Å². The van der Waals surface area contributed by atoms with Crippen molar-refractivity contribution in [1.82, 2.24) is 4.90 Å². The van der Waals surface area contributed by atoms with Gasteiger partial charge in [0.2, 0.25) is 0 Å². The summed E-state index contributed by atoms with van der Waals surface area (Å²) in [5.41, 5.74) is 7.29. The molecule has 2 heteroatoms. The number of hydrogen-bond donors (Lipinski definition) is 0. The third-order valence-electron chi connectivity index (χ3n) is 6.24. The zero-order valence-corrected chi connectivity index (χ0v) is 15.8. The standard InChI is InChI=1S/C25H25NO/c1-27-21-13-11-19-12-14-24-25(23(19)15-21)22-10-6-5-9-20(22)17-26(24)16-18-7-3-2-4-8-18/h2-11,13,15,24-25H,12,14,16-17H2,1H3/t24-,25-/m1/s1. The van der Waals surface area contributed by atoms with Crippen LogP contribution in [0.2, 0.25) is 0 Å². The monoisotopic (exact) mass is 355 g/mol. The van der Waals surface area contributed by atoms with E-state index in [1.54, 1.807) is 7.11 Å². The minimum absolute atomic E-state index is 0.428. The van der Waals surface area contributed by atoms with Crippen LogP contribution in [0.1, 0.15) is 40.2 Å². The number of ether oxygens (including phenoxy) is 1. The van der Waals surface area contributed by atoms with Crippen molar-refractivity contribution in [2.75, 3.05) is 7.11 Å². The average molecular weight is 355 g/mol. The van der Waals surface area contributed by atoms with E-state index < -0.39 is 0 Å². The SMILES string of the molecule is COc1ccc2c(c1)[C@H]1c3ccccc3CN(Cc3ccccc3)[C@@H]1CC2. The highest BCUT2D eigenvalue weighted by Gasteiger charge is 2.39. The molecule has 136 valence electrons. The molecule has 0 saturated carbocycles. The molecule has 5 rings (SSSR count). The Hall–Kier alpha value is -2.58. The molecule has 0 bridgehead atoms. The van der Waals surface area contributed by atoms with Crippen LogP contribution in [0.4, 0.5) is 0 Å². The van der Waals surface area contributed by atoms with Gasteiger partial charge in [0.05, 0.1) is 7.11 Å². The summed E-state index contributed by atoms with van der Waals surface area (Å²) in [6.07, 6.45) is 2.36. The van der Waals surface area contributed by atoms with Crippen molar-refractivity contribution in [2.45, 2.75) is 37.9 Å². The average Bonchev–Trinajstić information content (AvgIpc) is 2.73. The molecule has 0 fully saturated rings. The first kappa shape index (κ1) is 16.6. The lowest BCUT2D eigenvalue weighted by molar-refractivity contribution is 0.133. The Kier molecular flexibility index (Phi) is 4.21. The molecule has 1 aliphatic carbocycles. The summed E-state index contributed by atoms with van der Waals surface area (Å²) in [6, 6.07) is 27.1. The fourth-order valence-corrected chi connectivity index (χ4v) is 4.97. The molecule has 2 nitrogen and oxygen atoms in total. The molecule has 1 aliphatic heterocycles. The molecule has 2 aliphatic rings. The van der Waals surface area contributed by atoms with E-state index in [9.17, 15) is 0 Å². The first-order valence-corrected chi connectivity index (χ1v) is 9.86. The Morgan fingerprint density at radius 1 is 0.889 bits per heavy atom. The summed E-state index contributed by atoms with van der Waals surface area (Å²) in [5, 5.41) is 0. The molecule has 2 atom stereocenters. The predicted octanol–water partition coefficient (Wildman–Crippen LogP) is 5.16. The minimum Gasteiger partial charge on any atom is -0.497 e. The Morgan fingerprint density at radius 2 is 1.70 bits per heavy atom. The van der Waals surface area contributed by atoms with Gasteiger partial charge in [0, 0.05) is 25.0 Å². The van der Waals surface area contributed by atoms with E-state index in [1.165, 1.54) is 34.2 Å². The Labute approximate surface area is 161 Å². The van der Waals surface area contributed by atoms with Crippen molar-refractivity contribution in [3.8, 4) is 5.75 Å². The van der Waals surface area contributed by atoms with Gasteiger partial charge in [-0.25, -0.2) is 0 Å². The lowest BCUT2D eigenvalue weighted by atomic mass is 9.71. The molecule has 0 amide bonds. The van der Waals surface area contributed by atoms with Crippen LogP contribution < -0.4 is 4.74 Å². The van der Waals surface area contributed by atoms with Gasteiger partial charge in [-0.05, 0) is 52.8 Å². The number of nitrogens with zero attached hydrogens (tertiary/aromatic N) is 1. The molecule has 1 heterocycles. The van der Waals surface area contributed by atoms with Crippen molar-refractivity contribution < 1.29 is 4.74 Å². The van der Waals surface area contributed by atoms with E-state index in [0.717, 1.165) is 25.3 Å². The third-order valence-corrected chi connectivity index (χ3v) is 6.24. The molecule has 0 aromatic heterocycles. The first-order chi connectivity index (χ1) is 13.3. The zero-order chi connectivity index (χ0) is 18.2. The van der Waals surface area contributed by atoms with E-state index in [0.29, 0.717) is 12.0 Å². The van der Waals surface area contributed by atoms with Crippen LogP contribution in [0.5, 0.6) is 5.75 Å². The number of benzene rings is 3. The van der Waals surface area contributed by atoms with Crippen LogP contribution in [0.25, 0.3) is 0 Å². The van der Waals surface area contributed by atoms with Crippen molar-refractivity contribution in [3.05, 3.63) is 101 Å². The topological polar surface area (TPSA) is 12.5 Å². The molecule has 0 saturated heterocycles. The van der Waals surface area contributed by atoms with Crippen molar-refractivity contribution in [3.63, 3.8) is 0 Å². The molecule has 0 unspecified atom stereocenters. The van der Waals surface area contributed by atoms with Gasteiger partial charge < -0.3 is 4.74 Å². The summed E-state index contributed by atoms with van der Waals surface area (Å²) in [6.45, 7) is 2.04. The van der Waals surface area contributed by atoms with Crippen LogP contribution >= 0.6 is 0 Å². The molecule has 3 aromatic carbocycles. The van der Waals surface area contributed by atoms with Gasteiger partial charge >= 0.3 is 0 Å². The fraction of sp³-hybridized carbons (Fsp3) is 0.280. The second-order valence-corrected chi connectivity index (χ2v) is 7.74. The Bertz CT molecular complexity index is 950. The summed E-state index contributed by atoms with van der Waals surface area (Å²) in [4.78, 5) is 2.69. The van der Waals surface area contributed by atoms with Crippen LogP contribution in [0.3, 0.4) is 0 Å². The van der Waals surface area contributed by atoms with Gasteiger partial charge in [0.1, 0.15) is 5.75 Å². The maximum absolute atomic E-state index is 5.56. The number of fused-ring (bicyclic) bond motifs is 5.